The van der Waals surface area contributed by atoms with Gasteiger partial charge in [-0.3, -0.25) is 13.4 Å². The third-order valence-corrected chi connectivity index (χ3v) is 7.65. The summed E-state index contributed by atoms with van der Waals surface area (Å²) in [5.41, 5.74) is 1.05. The first kappa shape index (κ1) is 23.3. The molecule has 0 atom stereocenters. The fraction of sp³-hybridized carbons (Fsp3) is 0.136. The lowest BCUT2D eigenvalue weighted by molar-refractivity contribution is -0.114. The minimum Gasteiger partial charge on any atom is -0.324 e. The minimum absolute atomic E-state index is 0.0634. The largest absolute Gasteiger partial charge is 0.324 e. The molecule has 0 aliphatic rings. The van der Waals surface area contributed by atoms with E-state index in [1.165, 1.54) is 25.2 Å². The van der Waals surface area contributed by atoms with Crippen molar-refractivity contribution < 1.29 is 21.6 Å². The van der Waals surface area contributed by atoms with Gasteiger partial charge in [-0.15, -0.1) is 0 Å². The molecule has 0 fully saturated rings. The Morgan fingerprint density at radius 3 is 1.97 bits per heavy atom. The molecule has 168 valence electrons. The van der Waals surface area contributed by atoms with Gasteiger partial charge in [-0.1, -0.05) is 42.5 Å². The second-order valence-corrected chi connectivity index (χ2v) is 10.9. The Morgan fingerprint density at radius 2 is 1.38 bits per heavy atom. The zero-order chi connectivity index (χ0) is 23.4. The van der Waals surface area contributed by atoms with Crippen LogP contribution in [0.4, 0.5) is 17.1 Å². The molecule has 1 N–H and O–H groups in total. The quantitative estimate of drug-likeness (QED) is 0.542. The number of anilines is 3. The van der Waals surface area contributed by atoms with Crippen LogP contribution in [0.25, 0.3) is 0 Å². The number of amides is 1. The van der Waals surface area contributed by atoms with Crippen molar-refractivity contribution in [3.8, 4) is 0 Å². The number of hydrogen-bond donors (Lipinski definition) is 1. The van der Waals surface area contributed by atoms with Crippen molar-refractivity contribution in [2.24, 2.45) is 0 Å². The summed E-state index contributed by atoms with van der Waals surface area (Å²) in [6.07, 6.45) is 1.07. The van der Waals surface area contributed by atoms with Gasteiger partial charge in [0.2, 0.25) is 15.9 Å². The zero-order valence-electron chi connectivity index (χ0n) is 17.5. The highest BCUT2D eigenvalue weighted by Gasteiger charge is 2.27. The van der Waals surface area contributed by atoms with Crippen LogP contribution in [-0.4, -0.2) is 42.6 Å². The van der Waals surface area contributed by atoms with Gasteiger partial charge in [0.15, 0.2) is 0 Å². The molecule has 0 bridgehead atoms. The van der Waals surface area contributed by atoms with Crippen LogP contribution in [0.15, 0.2) is 89.8 Å². The molecule has 3 aromatic carbocycles. The molecule has 0 saturated heterocycles. The van der Waals surface area contributed by atoms with Gasteiger partial charge in [-0.05, 0) is 42.5 Å². The number of carbonyl (C=O) groups is 1. The van der Waals surface area contributed by atoms with Crippen molar-refractivity contribution in [1.29, 1.82) is 0 Å². The maximum Gasteiger partial charge on any atom is 0.264 e. The maximum absolute atomic E-state index is 13.2. The van der Waals surface area contributed by atoms with E-state index in [0.717, 1.165) is 14.9 Å². The van der Waals surface area contributed by atoms with E-state index in [2.05, 4.69) is 5.32 Å². The van der Waals surface area contributed by atoms with Gasteiger partial charge in [0.1, 0.15) is 6.54 Å². The number of sulfonamides is 2. The smallest absolute Gasteiger partial charge is 0.264 e. The van der Waals surface area contributed by atoms with Crippen molar-refractivity contribution in [1.82, 2.24) is 0 Å². The van der Waals surface area contributed by atoms with E-state index in [4.69, 9.17) is 0 Å². The monoisotopic (exact) mass is 473 g/mol. The van der Waals surface area contributed by atoms with Crippen LogP contribution >= 0.6 is 0 Å². The van der Waals surface area contributed by atoms with Crippen molar-refractivity contribution >= 4 is 43.0 Å². The molecule has 0 aliphatic heterocycles. The molecule has 3 rings (SSSR count). The third kappa shape index (κ3) is 5.45. The normalized spacial score (nSPS) is 11.6. The molecule has 8 nitrogen and oxygen atoms in total. The van der Waals surface area contributed by atoms with Crippen molar-refractivity contribution in [2.45, 2.75) is 4.90 Å². The van der Waals surface area contributed by atoms with Crippen LogP contribution in [0.2, 0.25) is 0 Å². The molecule has 0 unspecified atom stereocenters. The average molecular weight is 474 g/mol. The number of carbonyl (C=O) groups excluding carboxylic acids is 1. The van der Waals surface area contributed by atoms with Crippen LogP contribution in [0.3, 0.4) is 0 Å². The third-order valence-electron chi connectivity index (χ3n) is 4.65. The Hall–Kier alpha value is -3.37. The van der Waals surface area contributed by atoms with E-state index >= 15 is 0 Å². The van der Waals surface area contributed by atoms with Crippen LogP contribution in [0.5, 0.6) is 0 Å². The maximum atomic E-state index is 13.2. The minimum atomic E-state index is -4.00. The zero-order valence-corrected chi connectivity index (χ0v) is 19.2. The van der Waals surface area contributed by atoms with Gasteiger partial charge in [-0.2, -0.15) is 0 Å². The standard InChI is InChI=1S/C22H23N3O5S2/c1-24(31(2,27)28)20-13-9-10-18(16-20)23-22(26)17-25(19-11-5-3-6-12-19)32(29,30)21-14-7-4-8-15-21/h3-16H,17H2,1-2H3,(H,23,26). The summed E-state index contributed by atoms with van der Waals surface area (Å²) in [5, 5.41) is 2.65. The van der Waals surface area contributed by atoms with E-state index in [0.29, 0.717) is 17.1 Å². The fourth-order valence-corrected chi connectivity index (χ4v) is 4.87. The molecular formula is C22H23N3O5S2. The summed E-state index contributed by atoms with van der Waals surface area (Å²) in [5.74, 6) is -0.576. The van der Waals surface area contributed by atoms with E-state index in [9.17, 15) is 21.6 Å². The number of hydrogen-bond acceptors (Lipinski definition) is 5. The predicted octanol–water partition coefficient (Wildman–Crippen LogP) is 2.92. The first-order valence-electron chi connectivity index (χ1n) is 9.56. The lowest BCUT2D eigenvalue weighted by Gasteiger charge is -2.24. The van der Waals surface area contributed by atoms with Crippen molar-refractivity contribution in [3.63, 3.8) is 0 Å². The SMILES string of the molecule is CN(c1cccc(NC(=O)CN(c2ccccc2)S(=O)(=O)c2ccccc2)c1)S(C)(=O)=O. The van der Waals surface area contributed by atoms with Crippen LogP contribution in [0, 0.1) is 0 Å². The molecule has 32 heavy (non-hydrogen) atoms. The van der Waals surface area contributed by atoms with Gasteiger partial charge in [-0.25, -0.2) is 16.8 Å². The van der Waals surface area contributed by atoms with Gasteiger partial charge < -0.3 is 5.32 Å². The summed E-state index contributed by atoms with van der Waals surface area (Å²) >= 11 is 0. The molecular weight excluding hydrogens is 450 g/mol. The van der Waals surface area contributed by atoms with Gasteiger partial charge in [0.05, 0.1) is 22.5 Å². The number of nitrogens with zero attached hydrogens (tertiary/aromatic N) is 2. The second-order valence-electron chi connectivity index (χ2n) is 6.99. The average Bonchev–Trinajstić information content (AvgIpc) is 2.77. The highest BCUT2D eigenvalue weighted by Crippen LogP contribution is 2.24. The molecule has 0 aliphatic carbocycles. The summed E-state index contributed by atoms with van der Waals surface area (Å²) in [4.78, 5) is 12.9. The van der Waals surface area contributed by atoms with Gasteiger partial charge in [0, 0.05) is 12.7 Å². The van der Waals surface area contributed by atoms with E-state index in [1.807, 2.05) is 0 Å². The van der Waals surface area contributed by atoms with E-state index < -0.39 is 32.5 Å². The highest BCUT2D eigenvalue weighted by atomic mass is 32.2. The van der Waals surface area contributed by atoms with E-state index in [-0.39, 0.29) is 4.90 Å². The molecule has 10 heteroatoms. The molecule has 3 aromatic rings. The molecule has 0 radical (unpaired) electrons. The Kier molecular flexibility index (Phi) is 6.85. The lowest BCUT2D eigenvalue weighted by atomic mass is 10.2. The molecule has 0 aromatic heterocycles. The van der Waals surface area contributed by atoms with E-state index in [1.54, 1.807) is 66.7 Å². The number of benzene rings is 3. The molecule has 0 heterocycles. The van der Waals surface area contributed by atoms with Crippen molar-refractivity contribution in [3.05, 3.63) is 84.9 Å². The van der Waals surface area contributed by atoms with Gasteiger partial charge >= 0.3 is 0 Å². The van der Waals surface area contributed by atoms with Crippen LogP contribution < -0.4 is 13.9 Å². The Labute approximate surface area is 188 Å². The number of nitrogens with one attached hydrogen (secondary N) is 1. The molecule has 0 saturated carbocycles. The lowest BCUT2D eigenvalue weighted by Crippen LogP contribution is -2.38. The Bertz CT molecular complexity index is 1300. The number of para-hydroxylation sites is 1. The summed E-state index contributed by atoms with van der Waals surface area (Å²) < 4.78 is 52.2. The highest BCUT2D eigenvalue weighted by molar-refractivity contribution is 7.93. The summed E-state index contributed by atoms with van der Waals surface area (Å²) in [6.45, 7) is -0.465. The predicted molar refractivity (Wildman–Crippen MR) is 126 cm³/mol. The summed E-state index contributed by atoms with van der Waals surface area (Å²) in [6, 6.07) is 22.5. The summed E-state index contributed by atoms with van der Waals surface area (Å²) in [7, 11) is -6.07. The number of rotatable bonds is 8. The Morgan fingerprint density at radius 1 is 0.812 bits per heavy atom. The van der Waals surface area contributed by atoms with Crippen LogP contribution in [-0.2, 0) is 24.8 Å². The Balaban J connectivity index is 1.87. The fourth-order valence-electron chi connectivity index (χ4n) is 2.93. The van der Waals surface area contributed by atoms with Crippen molar-refractivity contribution in [2.75, 3.05) is 33.8 Å². The first-order chi connectivity index (χ1) is 15.1. The molecule has 1 amide bonds. The van der Waals surface area contributed by atoms with Crippen LogP contribution in [0.1, 0.15) is 0 Å². The molecule has 0 spiro atoms. The second kappa shape index (κ2) is 9.41. The van der Waals surface area contributed by atoms with Gasteiger partial charge in [0.25, 0.3) is 10.0 Å². The first-order valence-corrected chi connectivity index (χ1v) is 12.8. The topological polar surface area (TPSA) is 104 Å².